The number of hydrogen-bond donors (Lipinski definition) is 1. The van der Waals surface area contributed by atoms with Crippen LogP contribution in [0.3, 0.4) is 0 Å². The molecule has 23 heavy (non-hydrogen) atoms. The zero-order valence-corrected chi connectivity index (χ0v) is 13.2. The number of hydrogen-bond acceptors (Lipinski definition) is 3. The number of rotatable bonds is 6. The van der Waals surface area contributed by atoms with E-state index in [1.54, 1.807) is 0 Å². The molecule has 3 nitrogen and oxygen atoms in total. The van der Waals surface area contributed by atoms with Crippen molar-refractivity contribution in [1.29, 1.82) is 0 Å². The normalized spacial score (nSPS) is 16.9. The summed E-state index contributed by atoms with van der Waals surface area (Å²) in [5, 5.41) is 3.31. The highest BCUT2D eigenvalue weighted by atomic mass is 19.1. The minimum absolute atomic E-state index is 0.232. The van der Waals surface area contributed by atoms with E-state index < -0.39 is 6.67 Å². The Bertz CT molecular complexity index is 599. The number of para-hydroxylation sites is 1. The number of alkyl halides is 1. The second-order valence-electron chi connectivity index (χ2n) is 5.77. The highest BCUT2D eigenvalue weighted by molar-refractivity contribution is 5.36. The molecule has 0 spiro atoms. The molecule has 0 unspecified atom stereocenters. The smallest absolute Gasteiger partial charge is 0.124 e. The fourth-order valence-corrected chi connectivity index (χ4v) is 2.99. The SMILES string of the molecule is FC[C@H](c1ccccc1OCc1ccccc1)N1CCNCC1. The topological polar surface area (TPSA) is 24.5 Å². The van der Waals surface area contributed by atoms with Gasteiger partial charge in [-0.2, -0.15) is 0 Å². The highest BCUT2D eigenvalue weighted by Gasteiger charge is 2.24. The lowest BCUT2D eigenvalue weighted by molar-refractivity contribution is 0.143. The van der Waals surface area contributed by atoms with Crippen molar-refractivity contribution >= 4 is 0 Å². The van der Waals surface area contributed by atoms with Gasteiger partial charge in [-0.25, -0.2) is 4.39 Å². The van der Waals surface area contributed by atoms with Crippen LogP contribution in [0.1, 0.15) is 17.2 Å². The molecule has 3 rings (SSSR count). The molecule has 0 aromatic heterocycles. The Hall–Kier alpha value is -1.91. The quantitative estimate of drug-likeness (QED) is 0.886. The Kier molecular flexibility index (Phi) is 5.61. The summed E-state index contributed by atoms with van der Waals surface area (Å²) < 4.78 is 19.7. The van der Waals surface area contributed by atoms with Gasteiger partial charge in [-0.15, -0.1) is 0 Å². The third-order valence-corrected chi connectivity index (χ3v) is 4.25. The Morgan fingerprint density at radius 3 is 2.43 bits per heavy atom. The second-order valence-corrected chi connectivity index (χ2v) is 5.77. The molecule has 2 aromatic rings. The monoisotopic (exact) mass is 314 g/mol. The van der Waals surface area contributed by atoms with E-state index in [2.05, 4.69) is 10.2 Å². The summed E-state index contributed by atoms with van der Waals surface area (Å²) in [6, 6.07) is 17.6. The molecule has 0 bridgehead atoms. The Morgan fingerprint density at radius 1 is 1.00 bits per heavy atom. The van der Waals surface area contributed by atoms with Crippen molar-refractivity contribution in [2.24, 2.45) is 0 Å². The van der Waals surface area contributed by atoms with Crippen molar-refractivity contribution < 1.29 is 9.13 Å². The first-order valence-electron chi connectivity index (χ1n) is 8.15. The highest BCUT2D eigenvalue weighted by Crippen LogP contribution is 2.30. The molecule has 0 radical (unpaired) electrons. The molecule has 1 aliphatic rings. The molecule has 1 saturated heterocycles. The molecular formula is C19H23FN2O. The van der Waals surface area contributed by atoms with Gasteiger partial charge in [0.1, 0.15) is 19.0 Å². The maximum absolute atomic E-state index is 13.8. The van der Waals surface area contributed by atoms with Crippen LogP contribution < -0.4 is 10.1 Å². The van der Waals surface area contributed by atoms with Crippen LogP contribution >= 0.6 is 0 Å². The van der Waals surface area contributed by atoms with E-state index in [1.165, 1.54) is 0 Å². The first-order valence-corrected chi connectivity index (χ1v) is 8.15. The summed E-state index contributed by atoms with van der Waals surface area (Å²) in [5.74, 6) is 0.775. The van der Waals surface area contributed by atoms with E-state index in [-0.39, 0.29) is 6.04 Å². The van der Waals surface area contributed by atoms with Crippen LogP contribution in [0.2, 0.25) is 0 Å². The fourth-order valence-electron chi connectivity index (χ4n) is 2.99. The summed E-state index contributed by atoms with van der Waals surface area (Å²) in [6.07, 6.45) is 0. The molecule has 0 amide bonds. The van der Waals surface area contributed by atoms with E-state index >= 15 is 0 Å². The van der Waals surface area contributed by atoms with Crippen molar-refractivity contribution in [3.63, 3.8) is 0 Å². The van der Waals surface area contributed by atoms with Gasteiger partial charge >= 0.3 is 0 Å². The summed E-state index contributed by atoms with van der Waals surface area (Å²) in [4.78, 5) is 2.20. The molecular weight excluding hydrogens is 291 g/mol. The van der Waals surface area contributed by atoms with Gasteiger partial charge in [0.05, 0.1) is 6.04 Å². The van der Waals surface area contributed by atoms with Gasteiger partial charge in [-0.05, 0) is 11.6 Å². The predicted molar refractivity (Wildman–Crippen MR) is 90.4 cm³/mol. The van der Waals surface area contributed by atoms with Crippen LogP contribution in [-0.2, 0) is 6.61 Å². The van der Waals surface area contributed by atoms with Crippen molar-refractivity contribution in [3.05, 3.63) is 65.7 Å². The van der Waals surface area contributed by atoms with Crippen LogP contribution in [0, 0.1) is 0 Å². The third kappa shape index (κ3) is 4.09. The molecule has 1 N–H and O–H groups in total. The zero-order chi connectivity index (χ0) is 15.9. The van der Waals surface area contributed by atoms with E-state index in [9.17, 15) is 4.39 Å². The molecule has 0 aliphatic carbocycles. The molecule has 4 heteroatoms. The molecule has 1 heterocycles. The largest absolute Gasteiger partial charge is 0.489 e. The van der Waals surface area contributed by atoms with Crippen LogP contribution in [0.15, 0.2) is 54.6 Å². The van der Waals surface area contributed by atoms with Crippen molar-refractivity contribution in [2.75, 3.05) is 32.9 Å². The first kappa shape index (κ1) is 16.0. The van der Waals surface area contributed by atoms with E-state index in [4.69, 9.17) is 4.74 Å². The van der Waals surface area contributed by atoms with Gasteiger partial charge in [0.15, 0.2) is 0 Å². The second kappa shape index (κ2) is 8.09. The number of halogens is 1. The summed E-state index contributed by atoms with van der Waals surface area (Å²) in [6.45, 7) is 3.64. The third-order valence-electron chi connectivity index (χ3n) is 4.25. The lowest BCUT2D eigenvalue weighted by Gasteiger charge is -2.34. The van der Waals surface area contributed by atoms with Gasteiger partial charge in [0.2, 0.25) is 0 Å². The van der Waals surface area contributed by atoms with Gasteiger partial charge in [-0.3, -0.25) is 4.90 Å². The number of piperazine rings is 1. The minimum atomic E-state index is -0.397. The molecule has 1 atom stereocenters. The van der Waals surface area contributed by atoms with E-state index in [0.29, 0.717) is 6.61 Å². The average Bonchev–Trinajstić information content (AvgIpc) is 2.63. The Morgan fingerprint density at radius 2 is 1.70 bits per heavy atom. The van der Waals surface area contributed by atoms with Crippen LogP contribution in [0.25, 0.3) is 0 Å². The minimum Gasteiger partial charge on any atom is -0.489 e. The predicted octanol–water partition coefficient (Wildman–Crippen LogP) is 3.18. The first-order chi connectivity index (χ1) is 11.4. The average molecular weight is 314 g/mol. The van der Waals surface area contributed by atoms with Gasteiger partial charge in [0.25, 0.3) is 0 Å². The summed E-state index contributed by atoms with van der Waals surface area (Å²) in [5.41, 5.74) is 2.05. The number of nitrogens with one attached hydrogen (secondary N) is 1. The molecule has 1 aliphatic heterocycles. The van der Waals surface area contributed by atoms with E-state index in [0.717, 1.165) is 43.1 Å². The van der Waals surface area contributed by atoms with Crippen LogP contribution in [0.4, 0.5) is 4.39 Å². The van der Waals surface area contributed by atoms with Crippen molar-refractivity contribution in [1.82, 2.24) is 10.2 Å². The maximum Gasteiger partial charge on any atom is 0.124 e. The summed E-state index contributed by atoms with van der Waals surface area (Å²) >= 11 is 0. The van der Waals surface area contributed by atoms with Gasteiger partial charge in [0, 0.05) is 31.7 Å². The van der Waals surface area contributed by atoms with Crippen LogP contribution in [0.5, 0.6) is 5.75 Å². The van der Waals surface area contributed by atoms with Crippen molar-refractivity contribution in [2.45, 2.75) is 12.6 Å². The number of nitrogens with zero attached hydrogens (tertiary/aromatic N) is 1. The fraction of sp³-hybridized carbons (Fsp3) is 0.368. The molecule has 122 valence electrons. The van der Waals surface area contributed by atoms with Gasteiger partial charge < -0.3 is 10.1 Å². The lowest BCUT2D eigenvalue weighted by atomic mass is 10.0. The molecule has 0 saturated carbocycles. The van der Waals surface area contributed by atoms with Gasteiger partial charge in [-0.1, -0.05) is 48.5 Å². The number of ether oxygens (including phenoxy) is 1. The Labute approximate surface area is 137 Å². The maximum atomic E-state index is 13.8. The Balaban J connectivity index is 1.75. The summed E-state index contributed by atoms with van der Waals surface area (Å²) in [7, 11) is 0. The number of benzene rings is 2. The van der Waals surface area contributed by atoms with Crippen molar-refractivity contribution in [3.8, 4) is 5.75 Å². The zero-order valence-electron chi connectivity index (χ0n) is 13.2. The molecule has 1 fully saturated rings. The standard InChI is InChI=1S/C19H23FN2O/c20-14-18(22-12-10-21-11-13-22)17-8-4-5-9-19(17)23-15-16-6-2-1-3-7-16/h1-9,18,21H,10-15H2/t18-/m1/s1. The van der Waals surface area contributed by atoms with Crippen LogP contribution in [-0.4, -0.2) is 37.8 Å². The van der Waals surface area contributed by atoms with E-state index in [1.807, 2.05) is 54.6 Å². The lowest BCUT2D eigenvalue weighted by Crippen LogP contribution is -2.45. The molecule has 2 aromatic carbocycles.